The molecule has 0 aromatic carbocycles. The number of likely N-dealkylation sites (tertiary alicyclic amines) is 1. The van der Waals surface area contributed by atoms with Crippen LogP contribution in [0.1, 0.15) is 115 Å². The van der Waals surface area contributed by atoms with Gasteiger partial charge in [0.15, 0.2) is 11.7 Å². The first-order valence-electron chi connectivity index (χ1n) is 27.1. The van der Waals surface area contributed by atoms with E-state index in [1.807, 2.05) is 0 Å². The van der Waals surface area contributed by atoms with E-state index in [-0.39, 0.29) is 82.7 Å². The van der Waals surface area contributed by atoms with Crippen molar-refractivity contribution in [3.63, 3.8) is 0 Å². The molecule has 0 aliphatic carbocycles. The first-order valence-corrected chi connectivity index (χ1v) is 27.1. The number of rotatable bonds is 42. The summed E-state index contributed by atoms with van der Waals surface area (Å²) in [5.41, 5.74) is 45.7. The van der Waals surface area contributed by atoms with Crippen molar-refractivity contribution in [3.05, 3.63) is 18.2 Å². The van der Waals surface area contributed by atoms with Gasteiger partial charge in [-0.15, -0.1) is 0 Å². The number of nitrogens with one attached hydrogen (secondary N) is 8. The van der Waals surface area contributed by atoms with Crippen LogP contribution in [-0.4, -0.2) is 187 Å². The number of nitrogens with zero attached hydrogens (tertiary/aromatic N) is 3. The lowest BCUT2D eigenvalue weighted by molar-refractivity contribution is -0.142. The number of aliphatic imine (C=N–C) groups is 1. The Morgan fingerprint density at radius 2 is 1.38 bits per heavy atom. The highest BCUT2D eigenvalue weighted by Gasteiger charge is 2.40. The number of amides is 8. The lowest BCUT2D eigenvalue weighted by atomic mass is 9.92. The molecular formula is C49H91N19O10. The molecule has 1 saturated heterocycles. The van der Waals surface area contributed by atoms with Gasteiger partial charge in [0.25, 0.3) is 0 Å². The molecular weight excluding hydrogens is 1010 g/mol. The van der Waals surface area contributed by atoms with E-state index in [1.54, 1.807) is 7.05 Å². The Bertz CT molecular complexity index is 2040. The molecule has 1 aromatic rings. The molecule has 9 atom stereocenters. The van der Waals surface area contributed by atoms with Crippen molar-refractivity contribution in [2.24, 2.45) is 56.8 Å². The van der Waals surface area contributed by atoms with E-state index >= 15 is 0 Å². The maximum atomic E-state index is 14.3. The number of imidazole rings is 1. The molecule has 0 saturated carbocycles. The number of H-pyrrole nitrogens is 1. The molecule has 1 aliphatic heterocycles. The largest absolute Gasteiger partial charge is 0.389 e. The van der Waals surface area contributed by atoms with Crippen LogP contribution >= 0.6 is 0 Å². The van der Waals surface area contributed by atoms with Crippen LogP contribution in [0.5, 0.6) is 0 Å². The third-order valence-corrected chi connectivity index (χ3v) is 13.3. The predicted molar refractivity (Wildman–Crippen MR) is 291 cm³/mol. The molecule has 78 heavy (non-hydrogen) atoms. The number of guanidine groups is 1. The summed E-state index contributed by atoms with van der Waals surface area (Å²) in [6.07, 6.45) is 6.98. The molecule has 2 rings (SSSR count). The Hall–Kier alpha value is -6.37. The summed E-state index contributed by atoms with van der Waals surface area (Å²) in [5, 5.41) is 29.4. The third-order valence-electron chi connectivity index (χ3n) is 13.3. The molecule has 1 unspecified atom stereocenters. The van der Waals surface area contributed by atoms with Crippen molar-refractivity contribution >= 4 is 59.0 Å². The van der Waals surface area contributed by atoms with Gasteiger partial charge in [-0.25, -0.2) is 4.98 Å². The van der Waals surface area contributed by atoms with Crippen molar-refractivity contribution in [1.29, 1.82) is 0 Å². The van der Waals surface area contributed by atoms with Crippen molar-refractivity contribution in [2.45, 2.75) is 164 Å². The number of Topliss-reactive ketones (excluding diaryl/α,β-unsaturated/α-hetero) is 1. The SMILES string of the molecule is CNCCCC[C@H](NC(=O)[C@@H](NC(=O)[C@@H](N)CCCCN)[C@@H](O)CN)C(=O)NCC(=O)N[C@H](CCCN)C(=O)N1CCC[C@H]1C(=O)N[C@@H](Cc1cnc[nH]1)C(=O)N[C@@H](CCCCN)C(=O)CCC(CCCN=C(N)N)C(N)=O. The topological polar surface area (TPSA) is 511 Å². The Kier molecular flexibility index (Phi) is 33.2. The second kappa shape index (κ2) is 38.2. The number of nitrogens with two attached hydrogens (primary N) is 8. The smallest absolute Gasteiger partial charge is 0.245 e. The minimum Gasteiger partial charge on any atom is -0.389 e. The zero-order valence-corrected chi connectivity index (χ0v) is 45.3. The summed E-state index contributed by atoms with van der Waals surface area (Å²) in [6.45, 7) is 0.867. The quantitative estimate of drug-likeness (QED) is 0.0165. The fourth-order valence-electron chi connectivity index (χ4n) is 8.81. The first-order chi connectivity index (χ1) is 37.3. The number of carbonyl (C=O) groups excluding carboxylic acids is 9. The van der Waals surface area contributed by atoms with Crippen LogP contribution in [0.25, 0.3) is 0 Å². The van der Waals surface area contributed by atoms with Crippen molar-refractivity contribution in [2.75, 3.05) is 59.4 Å². The zero-order chi connectivity index (χ0) is 58.0. The molecule has 1 aromatic heterocycles. The summed E-state index contributed by atoms with van der Waals surface area (Å²) in [4.78, 5) is 135. The summed E-state index contributed by atoms with van der Waals surface area (Å²) < 4.78 is 0. The van der Waals surface area contributed by atoms with Crippen LogP contribution in [0.15, 0.2) is 17.5 Å². The number of aromatic amines is 1. The standard InChI is InChI=1S/C49H91N19O10/c1-58-22-7-4-14-34(65-47(77)41(39(70)26-53)67-43(73)32(54)12-2-5-19-50)44(74)61-28-40(71)63-35(15-8-21-52)48(78)68-24-10-16-37(68)46(76)66-36(25-31-27-59-29-62-31)45(75)64-33(13-3-6-20-51)38(69)18-17-30(42(55)72)11-9-23-60-49(56)57/h27,29-30,32-37,39,41,58,70H,2-26,28,50-54H2,1H3,(H2,55,72)(H,59,62)(H,61,74)(H,63,71)(H,64,75)(H,65,77)(H,66,76)(H,67,73)(H4,56,57,60)/t30?,32-,33-,34-,35+,36-,37-,39-,41-/m0/s1. The molecule has 29 heteroatoms. The van der Waals surface area contributed by atoms with Crippen LogP contribution in [0.4, 0.5) is 0 Å². The van der Waals surface area contributed by atoms with E-state index < -0.39 is 115 Å². The molecule has 25 N–H and O–H groups in total. The van der Waals surface area contributed by atoms with Gasteiger partial charge in [-0.05, 0) is 130 Å². The van der Waals surface area contributed by atoms with Gasteiger partial charge in [0.2, 0.25) is 47.3 Å². The van der Waals surface area contributed by atoms with Crippen LogP contribution in [-0.2, 0) is 49.6 Å². The van der Waals surface area contributed by atoms with Gasteiger partial charge in [0.05, 0.1) is 31.1 Å². The van der Waals surface area contributed by atoms with Crippen molar-refractivity contribution < 1.29 is 48.3 Å². The minimum absolute atomic E-state index is 0.0691. The summed E-state index contributed by atoms with van der Waals surface area (Å²) in [7, 11) is 1.75. The van der Waals surface area contributed by atoms with Gasteiger partial charge in [0.1, 0.15) is 30.2 Å². The van der Waals surface area contributed by atoms with Crippen LogP contribution in [0, 0.1) is 5.92 Å². The fourth-order valence-corrected chi connectivity index (χ4v) is 8.81. The van der Waals surface area contributed by atoms with E-state index in [1.165, 1.54) is 17.4 Å². The lowest BCUT2D eigenvalue weighted by Gasteiger charge is -2.30. The van der Waals surface area contributed by atoms with Crippen LogP contribution in [0.3, 0.4) is 0 Å². The predicted octanol–water partition coefficient (Wildman–Crippen LogP) is -5.98. The van der Waals surface area contributed by atoms with Gasteiger partial charge >= 0.3 is 0 Å². The highest BCUT2D eigenvalue weighted by molar-refractivity contribution is 5.97. The molecule has 0 bridgehead atoms. The summed E-state index contributed by atoms with van der Waals surface area (Å²) in [5.74, 6) is -6.80. The average molecular weight is 1110 g/mol. The molecule has 0 radical (unpaired) electrons. The van der Waals surface area contributed by atoms with Gasteiger partial charge in [-0.3, -0.25) is 48.1 Å². The Balaban J connectivity index is 2.26. The van der Waals surface area contributed by atoms with Gasteiger partial charge < -0.3 is 98.1 Å². The second-order valence-electron chi connectivity index (χ2n) is 19.5. The van der Waals surface area contributed by atoms with Gasteiger partial charge in [0, 0.05) is 50.3 Å². The Morgan fingerprint density at radius 1 is 0.731 bits per heavy atom. The fraction of sp³-hybridized carbons (Fsp3) is 0.735. The highest BCUT2D eigenvalue weighted by Crippen LogP contribution is 2.21. The van der Waals surface area contributed by atoms with Gasteiger partial charge in [-0.1, -0.05) is 6.42 Å². The average Bonchev–Trinajstić information content (AvgIpc) is 4.13. The number of aliphatic hydroxyl groups excluding tert-OH is 1. The number of aromatic nitrogens is 2. The van der Waals surface area contributed by atoms with E-state index in [2.05, 4.69) is 52.2 Å². The van der Waals surface area contributed by atoms with E-state index in [4.69, 9.17) is 45.9 Å². The summed E-state index contributed by atoms with van der Waals surface area (Å²) in [6, 6.07) is -8.32. The normalized spacial score (nSPS) is 16.2. The van der Waals surface area contributed by atoms with Gasteiger partial charge in [-0.2, -0.15) is 0 Å². The second-order valence-corrected chi connectivity index (χ2v) is 19.5. The van der Waals surface area contributed by atoms with E-state index in [9.17, 15) is 48.3 Å². The number of unbranched alkanes of at least 4 members (excludes halogenated alkanes) is 3. The molecule has 8 amide bonds. The number of ketones is 1. The van der Waals surface area contributed by atoms with Crippen molar-refractivity contribution in [3.8, 4) is 0 Å². The molecule has 2 heterocycles. The summed E-state index contributed by atoms with van der Waals surface area (Å²) >= 11 is 0. The molecule has 1 aliphatic rings. The molecule has 1 fully saturated rings. The van der Waals surface area contributed by atoms with Crippen LogP contribution in [0.2, 0.25) is 0 Å². The van der Waals surface area contributed by atoms with E-state index in [0.29, 0.717) is 89.5 Å². The Labute approximate surface area is 456 Å². The number of carbonyl (C=O) groups is 9. The Morgan fingerprint density at radius 3 is 2.01 bits per heavy atom. The molecule has 0 spiro atoms. The number of hydrogen-bond donors (Lipinski definition) is 17. The monoisotopic (exact) mass is 1110 g/mol. The number of hydrogen-bond acceptors (Lipinski definition) is 18. The first kappa shape index (κ1) is 67.7. The lowest BCUT2D eigenvalue weighted by Crippen LogP contribution is -2.61. The molecule has 442 valence electrons. The van der Waals surface area contributed by atoms with Crippen LogP contribution < -0.4 is 83.1 Å². The highest BCUT2D eigenvalue weighted by atomic mass is 16.3. The van der Waals surface area contributed by atoms with E-state index in [0.717, 1.165) is 0 Å². The number of primary amides is 1. The third kappa shape index (κ3) is 25.4. The minimum atomic E-state index is -1.56. The molecule has 29 nitrogen and oxygen atoms in total. The number of aliphatic hydroxyl groups is 1. The maximum Gasteiger partial charge on any atom is 0.245 e. The van der Waals surface area contributed by atoms with Crippen molar-refractivity contribution in [1.82, 2.24) is 52.1 Å². The zero-order valence-electron chi connectivity index (χ0n) is 45.3. The maximum absolute atomic E-state index is 14.3.